The quantitative estimate of drug-likeness (QED) is 0.0992. The first kappa shape index (κ1) is 42.1. The van der Waals surface area contributed by atoms with Gasteiger partial charge in [-0.2, -0.15) is 0 Å². The topological polar surface area (TPSA) is 195 Å². The molecule has 0 heterocycles. The fourth-order valence-corrected chi connectivity index (χ4v) is 12.2. The molecule has 4 aromatic carbocycles. The lowest BCUT2D eigenvalue weighted by molar-refractivity contribution is -0.385. The van der Waals surface area contributed by atoms with Crippen molar-refractivity contribution in [3.8, 4) is 0 Å². The summed E-state index contributed by atoms with van der Waals surface area (Å²) in [7, 11) is -8.04. The predicted octanol–water partition coefficient (Wildman–Crippen LogP) is 8.12. The van der Waals surface area contributed by atoms with Gasteiger partial charge in [0.2, 0.25) is 0 Å². The molecule has 0 unspecified atom stereocenters. The number of fused-ring (bicyclic) bond motifs is 4. The van der Waals surface area contributed by atoms with Crippen molar-refractivity contribution in [3.05, 3.63) is 163 Å². The van der Waals surface area contributed by atoms with Crippen LogP contribution in [0.1, 0.15) is 63.5 Å². The third kappa shape index (κ3) is 8.00. The maximum absolute atomic E-state index is 13.7. The minimum Gasteiger partial charge on any atom is -0.298 e. The highest BCUT2D eigenvalue weighted by atomic mass is 32.2. The maximum Gasteiger partial charge on any atom is 0.269 e. The number of allylic oxidation sites excluding steroid dienone is 4. The smallest absolute Gasteiger partial charge is 0.269 e. The van der Waals surface area contributed by atoms with Gasteiger partial charge in [0, 0.05) is 47.5 Å². The molecule has 0 aliphatic heterocycles. The zero-order chi connectivity index (χ0) is 42.9. The molecule has 4 bridgehead atoms. The minimum absolute atomic E-state index is 0.0294. The lowest BCUT2D eigenvalue weighted by Crippen LogP contribution is -2.34. The lowest BCUT2D eigenvalue weighted by Gasteiger charge is -2.30. The highest BCUT2D eigenvalue weighted by Crippen LogP contribution is 2.48. The van der Waals surface area contributed by atoms with Crippen molar-refractivity contribution >= 4 is 43.0 Å². The number of non-ortho nitro benzene ring substituents is 2. The zero-order valence-electron chi connectivity index (χ0n) is 33.0. The maximum atomic E-state index is 13.7. The van der Waals surface area contributed by atoms with Gasteiger partial charge in [-0.15, -0.1) is 0 Å². The highest BCUT2D eigenvalue weighted by Gasteiger charge is 2.48. The second-order valence-electron chi connectivity index (χ2n) is 15.5. The number of carbonyl (C=O) groups excluding carboxylic acids is 2. The molecule has 60 heavy (non-hydrogen) atoms. The Bertz CT molecular complexity index is 2430. The number of hydrogen-bond donors (Lipinski definition) is 0. The molecule has 0 amide bonds. The summed E-state index contributed by atoms with van der Waals surface area (Å²) < 4.78 is 57.3. The summed E-state index contributed by atoms with van der Waals surface area (Å²) in [5, 5.41) is 21.9. The summed E-state index contributed by atoms with van der Waals surface area (Å²) in [6, 6.07) is 28.2. The lowest BCUT2D eigenvalue weighted by atomic mass is 9.85. The highest BCUT2D eigenvalue weighted by molar-refractivity contribution is 7.89. The van der Waals surface area contributed by atoms with E-state index < -0.39 is 41.7 Å². The second kappa shape index (κ2) is 16.9. The first-order chi connectivity index (χ1) is 28.6. The Hall–Kier alpha value is -6.00. The van der Waals surface area contributed by atoms with Gasteiger partial charge in [0.25, 0.3) is 31.4 Å². The summed E-state index contributed by atoms with van der Waals surface area (Å²) in [6.07, 6.45) is 4.56. The molecule has 2 fully saturated rings. The van der Waals surface area contributed by atoms with Gasteiger partial charge < -0.3 is 0 Å². The van der Waals surface area contributed by atoms with Crippen LogP contribution >= 0.6 is 0 Å². The fraction of sp³-hybridized carbons (Fsp3) is 0.318. The zero-order valence-corrected chi connectivity index (χ0v) is 34.7. The van der Waals surface area contributed by atoms with Crippen molar-refractivity contribution in [2.45, 2.75) is 75.3 Å². The molecule has 16 heteroatoms. The average molecular weight is 853 g/mol. The average Bonchev–Trinajstić information content (AvgIpc) is 3.42. The van der Waals surface area contributed by atoms with Crippen LogP contribution in [0.2, 0.25) is 0 Å². The predicted molar refractivity (Wildman–Crippen MR) is 222 cm³/mol. The van der Waals surface area contributed by atoms with E-state index in [4.69, 9.17) is 0 Å². The first-order valence-electron chi connectivity index (χ1n) is 19.7. The number of carbonyl (C=O) groups is 2. The van der Waals surface area contributed by atoms with E-state index in [2.05, 4.69) is 0 Å². The Balaban J connectivity index is 0.000000181. The van der Waals surface area contributed by atoms with Gasteiger partial charge in [-0.05, 0) is 86.1 Å². The molecular weight excluding hydrogens is 809 g/mol. The van der Waals surface area contributed by atoms with Gasteiger partial charge in [0.05, 0.1) is 44.6 Å². The van der Waals surface area contributed by atoms with Gasteiger partial charge in [-0.25, -0.2) is 16.8 Å². The summed E-state index contributed by atoms with van der Waals surface area (Å²) in [5.74, 6) is -1.06. The summed E-state index contributed by atoms with van der Waals surface area (Å²) in [6.45, 7) is 3.91. The monoisotopic (exact) mass is 852 g/mol. The molecule has 312 valence electrons. The van der Waals surface area contributed by atoms with Crippen molar-refractivity contribution in [3.63, 3.8) is 0 Å². The molecule has 0 N–H and O–H groups in total. The molecule has 0 saturated heterocycles. The standard InChI is InChI=1S/2C22H22N2O5S/c2*1-15-19-8-5-9-20(22(19)25)21(15)23(14-16-6-3-2-4-7-16)30(28,29)18-12-10-17(11-13-18)24(26)27/h2*2-4,6-7,10-13,19-20H,5,8-9,14H2,1H3/t2*19-,20+/m00/s1. The van der Waals surface area contributed by atoms with Crippen molar-refractivity contribution < 1.29 is 36.3 Å². The Morgan fingerprint density at radius 2 is 0.833 bits per heavy atom. The molecule has 0 spiro atoms. The van der Waals surface area contributed by atoms with Gasteiger partial charge in [0.15, 0.2) is 0 Å². The Kier molecular flexibility index (Phi) is 11.9. The number of hydrogen-bond acceptors (Lipinski definition) is 10. The molecule has 0 aromatic heterocycles. The Morgan fingerprint density at radius 3 is 1.13 bits per heavy atom. The van der Waals surface area contributed by atoms with Crippen molar-refractivity contribution in [2.75, 3.05) is 0 Å². The van der Waals surface area contributed by atoms with Gasteiger partial charge in [0.1, 0.15) is 11.6 Å². The second-order valence-corrected chi connectivity index (χ2v) is 19.2. The van der Waals surface area contributed by atoms with Crippen LogP contribution in [-0.2, 0) is 42.7 Å². The largest absolute Gasteiger partial charge is 0.298 e. The van der Waals surface area contributed by atoms with Crippen molar-refractivity contribution in [1.82, 2.24) is 8.61 Å². The van der Waals surface area contributed by atoms with Crippen LogP contribution in [0.15, 0.2) is 142 Å². The van der Waals surface area contributed by atoms with Crippen LogP contribution in [-0.4, -0.2) is 46.9 Å². The van der Waals surface area contributed by atoms with Gasteiger partial charge in [-0.3, -0.25) is 38.4 Å². The third-order valence-electron chi connectivity index (χ3n) is 12.0. The molecule has 0 radical (unpaired) electrons. The van der Waals surface area contributed by atoms with E-state index in [9.17, 15) is 46.7 Å². The van der Waals surface area contributed by atoms with E-state index in [0.29, 0.717) is 24.2 Å². The van der Waals surface area contributed by atoms with Gasteiger partial charge in [-0.1, -0.05) is 73.5 Å². The van der Waals surface area contributed by atoms with E-state index >= 15 is 0 Å². The Morgan fingerprint density at radius 1 is 0.517 bits per heavy atom. The number of Topliss-reactive ketones (excluding diaryl/α,β-unsaturated/α-hetero) is 2. The first-order valence-corrected chi connectivity index (χ1v) is 22.6. The molecule has 4 aliphatic rings. The van der Waals surface area contributed by atoms with E-state index in [1.807, 2.05) is 74.5 Å². The van der Waals surface area contributed by atoms with Crippen LogP contribution in [0, 0.1) is 43.9 Å². The van der Waals surface area contributed by atoms with Crippen LogP contribution < -0.4 is 0 Å². The SMILES string of the molecule is CC1=C(N(Cc2ccccc2)S(=O)(=O)c2ccc([N+](=O)[O-])cc2)[C@H]2CCC[C@@H]1C2=O.CC1=C(N(Cc2ccccc2)S(=O)(=O)c2ccc([N+](=O)[O-])cc2)[C@H]2CCC[C@@H]1C2=O. The molecule has 4 atom stereocenters. The molecule has 14 nitrogen and oxygen atoms in total. The number of ketones is 2. The summed E-state index contributed by atoms with van der Waals surface area (Å²) in [4.78, 5) is 46.3. The summed E-state index contributed by atoms with van der Waals surface area (Å²) in [5.41, 5.74) is 4.05. The number of sulfonamides is 2. The van der Waals surface area contributed by atoms with Crippen LogP contribution in [0.4, 0.5) is 11.4 Å². The van der Waals surface area contributed by atoms with E-state index in [-0.39, 0.29) is 57.7 Å². The molecule has 2 saturated carbocycles. The van der Waals surface area contributed by atoms with Crippen LogP contribution in [0.25, 0.3) is 0 Å². The van der Waals surface area contributed by atoms with Gasteiger partial charge >= 0.3 is 0 Å². The molecular formula is C44H44N4O10S2. The summed E-state index contributed by atoms with van der Waals surface area (Å²) >= 11 is 0. The molecule has 8 rings (SSSR count). The van der Waals surface area contributed by atoms with Crippen LogP contribution in [0.5, 0.6) is 0 Å². The van der Waals surface area contributed by atoms with Crippen LogP contribution in [0.3, 0.4) is 0 Å². The Labute approximate surface area is 348 Å². The van der Waals surface area contributed by atoms with E-state index in [0.717, 1.165) is 48.0 Å². The van der Waals surface area contributed by atoms with Crippen molar-refractivity contribution in [2.24, 2.45) is 23.7 Å². The normalized spacial score (nSPS) is 21.0. The number of benzene rings is 4. The minimum atomic E-state index is -4.02. The number of nitrogens with zero attached hydrogens (tertiary/aromatic N) is 4. The number of nitro groups is 2. The fourth-order valence-electron chi connectivity index (χ4n) is 8.99. The van der Waals surface area contributed by atoms with E-state index in [1.54, 1.807) is 0 Å². The number of rotatable bonds is 12. The molecule has 4 aromatic rings. The number of nitro benzene ring substituents is 2. The van der Waals surface area contributed by atoms with E-state index in [1.165, 1.54) is 57.1 Å². The third-order valence-corrected chi connectivity index (χ3v) is 15.6. The van der Waals surface area contributed by atoms with Crippen molar-refractivity contribution in [1.29, 1.82) is 0 Å². The molecule has 4 aliphatic carbocycles.